The number of carbonyl (C=O) groups excluding carboxylic acids is 4. The summed E-state index contributed by atoms with van der Waals surface area (Å²) < 4.78 is 9.68. The number of hydrogen-bond acceptors (Lipinski definition) is 6. The average molecular weight is 318 g/mol. The Labute approximate surface area is 131 Å². The lowest BCUT2D eigenvalue weighted by molar-refractivity contribution is -0.142. The molecule has 1 aliphatic rings. The van der Waals surface area contributed by atoms with Crippen molar-refractivity contribution in [3.8, 4) is 0 Å². The van der Waals surface area contributed by atoms with Gasteiger partial charge in [-0.3, -0.25) is 10.1 Å². The Bertz CT molecular complexity index is 641. The molecule has 0 spiro atoms. The van der Waals surface area contributed by atoms with Crippen LogP contribution in [0.3, 0.4) is 0 Å². The molecule has 1 unspecified atom stereocenters. The monoisotopic (exact) mass is 318 g/mol. The summed E-state index contributed by atoms with van der Waals surface area (Å²) in [4.78, 5) is 44.9. The van der Waals surface area contributed by atoms with E-state index in [1.165, 1.54) is 0 Å². The molecule has 0 radical (unpaired) electrons. The third-order valence-corrected chi connectivity index (χ3v) is 2.83. The summed E-state index contributed by atoms with van der Waals surface area (Å²) in [6.45, 7) is -0.229. The Balaban J connectivity index is 1.69. The average Bonchev–Trinajstić information content (AvgIpc) is 2.87. The predicted octanol–water partition coefficient (Wildman–Crippen LogP) is 0.0372. The van der Waals surface area contributed by atoms with Gasteiger partial charge in [0.2, 0.25) is 0 Å². The summed E-state index contributed by atoms with van der Waals surface area (Å²) in [7, 11) is 0. The fourth-order valence-corrected chi connectivity index (χ4v) is 1.70. The number of urea groups is 1. The summed E-state index contributed by atoms with van der Waals surface area (Å²) in [6, 6.07) is 7.50. The number of esters is 2. The molecule has 1 heterocycles. The zero-order chi connectivity index (χ0) is 16.7. The highest BCUT2D eigenvalue weighted by molar-refractivity contribution is 6.04. The van der Waals surface area contributed by atoms with Gasteiger partial charge in [0.15, 0.2) is 0 Å². The summed E-state index contributed by atoms with van der Waals surface area (Å²) >= 11 is 0. The molecule has 2 rings (SSSR count). The second-order valence-electron chi connectivity index (χ2n) is 4.57. The van der Waals surface area contributed by atoms with Crippen molar-refractivity contribution in [3.63, 3.8) is 0 Å². The van der Waals surface area contributed by atoms with Gasteiger partial charge in [-0.1, -0.05) is 30.3 Å². The Morgan fingerprint density at radius 1 is 1.04 bits per heavy atom. The van der Waals surface area contributed by atoms with Crippen molar-refractivity contribution in [1.29, 1.82) is 0 Å². The van der Waals surface area contributed by atoms with Crippen LogP contribution in [0.25, 0.3) is 0 Å². The highest BCUT2D eigenvalue weighted by Gasteiger charge is 2.30. The van der Waals surface area contributed by atoms with Crippen molar-refractivity contribution < 1.29 is 28.7 Å². The minimum absolute atomic E-state index is 0.0906. The zero-order valence-corrected chi connectivity index (χ0v) is 12.0. The molecule has 0 saturated carbocycles. The van der Waals surface area contributed by atoms with Gasteiger partial charge in [0, 0.05) is 12.2 Å². The molecule has 1 atom stereocenters. The van der Waals surface area contributed by atoms with Crippen LogP contribution >= 0.6 is 0 Å². The van der Waals surface area contributed by atoms with Gasteiger partial charge in [-0.15, -0.1) is 0 Å². The quantitative estimate of drug-likeness (QED) is 0.435. The van der Waals surface area contributed by atoms with Crippen LogP contribution in [0.5, 0.6) is 0 Å². The smallest absolute Gasteiger partial charge is 0.331 e. The molecule has 8 heteroatoms. The first-order valence-electron chi connectivity index (χ1n) is 6.71. The van der Waals surface area contributed by atoms with Gasteiger partial charge in [0.25, 0.3) is 5.91 Å². The molecule has 0 aliphatic carbocycles. The molecule has 120 valence electrons. The van der Waals surface area contributed by atoms with Gasteiger partial charge in [-0.2, -0.15) is 0 Å². The molecule has 8 nitrogen and oxygen atoms in total. The summed E-state index contributed by atoms with van der Waals surface area (Å²) in [5.74, 6) is -2.10. The molecule has 23 heavy (non-hydrogen) atoms. The molecular formula is C15H14N2O6. The Kier molecular flexibility index (Phi) is 5.45. The van der Waals surface area contributed by atoms with Gasteiger partial charge in [-0.25, -0.2) is 14.4 Å². The van der Waals surface area contributed by atoms with Crippen molar-refractivity contribution in [1.82, 2.24) is 10.6 Å². The summed E-state index contributed by atoms with van der Waals surface area (Å²) in [6.07, 6.45) is 1.82. The van der Waals surface area contributed by atoms with E-state index in [1.54, 1.807) is 12.1 Å². The maximum Gasteiger partial charge on any atom is 0.331 e. The van der Waals surface area contributed by atoms with Gasteiger partial charge < -0.3 is 14.8 Å². The fourth-order valence-electron chi connectivity index (χ4n) is 1.70. The van der Waals surface area contributed by atoms with Crippen LogP contribution in [-0.4, -0.2) is 36.5 Å². The Morgan fingerprint density at radius 3 is 2.30 bits per heavy atom. The number of rotatable bonds is 6. The van der Waals surface area contributed by atoms with Crippen molar-refractivity contribution >= 4 is 23.9 Å². The van der Waals surface area contributed by atoms with Crippen LogP contribution in [0.4, 0.5) is 4.79 Å². The van der Waals surface area contributed by atoms with Gasteiger partial charge in [0.05, 0.1) is 0 Å². The number of nitrogens with one attached hydrogen (secondary N) is 2. The number of amides is 3. The van der Waals surface area contributed by atoms with Crippen molar-refractivity contribution in [2.45, 2.75) is 12.6 Å². The maximum absolute atomic E-state index is 11.4. The van der Waals surface area contributed by atoms with Crippen molar-refractivity contribution in [2.75, 3.05) is 6.61 Å². The molecule has 2 N–H and O–H groups in total. The van der Waals surface area contributed by atoms with Crippen LogP contribution in [-0.2, 0) is 30.5 Å². The minimum Gasteiger partial charge on any atom is -0.460 e. The summed E-state index contributed by atoms with van der Waals surface area (Å²) in [5.41, 5.74) is 0.819. The van der Waals surface area contributed by atoms with Crippen LogP contribution < -0.4 is 10.6 Å². The second-order valence-corrected chi connectivity index (χ2v) is 4.57. The van der Waals surface area contributed by atoms with Crippen LogP contribution in [0.15, 0.2) is 42.5 Å². The molecule has 1 aromatic rings. The Hall–Kier alpha value is -3.16. The molecule has 0 bridgehead atoms. The number of imide groups is 1. The SMILES string of the molecule is O=C1NC(=O)C(COC(=O)/C=C/C(=O)OCc2ccccc2)N1. The molecule has 1 aliphatic heterocycles. The van der Waals surface area contributed by atoms with Crippen LogP contribution in [0.2, 0.25) is 0 Å². The van der Waals surface area contributed by atoms with Gasteiger partial charge in [-0.05, 0) is 5.56 Å². The van der Waals surface area contributed by atoms with Crippen molar-refractivity contribution in [3.05, 3.63) is 48.0 Å². The molecule has 1 saturated heterocycles. The molecule has 1 fully saturated rings. The highest BCUT2D eigenvalue weighted by Crippen LogP contribution is 2.01. The van der Waals surface area contributed by atoms with E-state index in [-0.39, 0.29) is 13.2 Å². The third-order valence-electron chi connectivity index (χ3n) is 2.83. The van der Waals surface area contributed by atoms with E-state index in [9.17, 15) is 19.2 Å². The van der Waals surface area contributed by atoms with E-state index in [4.69, 9.17) is 9.47 Å². The predicted molar refractivity (Wildman–Crippen MR) is 76.8 cm³/mol. The van der Waals surface area contributed by atoms with Crippen LogP contribution in [0.1, 0.15) is 5.56 Å². The molecule has 0 aromatic heterocycles. The van der Waals surface area contributed by atoms with Gasteiger partial charge >= 0.3 is 18.0 Å². The zero-order valence-electron chi connectivity index (χ0n) is 12.0. The minimum atomic E-state index is -0.926. The molecule has 3 amide bonds. The molecular weight excluding hydrogens is 304 g/mol. The number of hydrogen-bond donors (Lipinski definition) is 2. The topological polar surface area (TPSA) is 111 Å². The summed E-state index contributed by atoms with van der Waals surface area (Å²) in [5, 5.41) is 4.27. The Morgan fingerprint density at radius 2 is 1.70 bits per heavy atom. The van der Waals surface area contributed by atoms with Crippen molar-refractivity contribution in [2.24, 2.45) is 0 Å². The first kappa shape index (κ1) is 16.2. The van der Waals surface area contributed by atoms with E-state index < -0.39 is 29.9 Å². The standard InChI is InChI=1S/C15H14N2O6/c18-12(22-8-10-4-2-1-3-5-10)6-7-13(19)23-9-11-14(20)17-15(21)16-11/h1-7,11H,8-9H2,(H2,16,17,20,21)/b7-6+. The number of carbonyl (C=O) groups is 4. The first-order chi connectivity index (χ1) is 11.0. The fraction of sp³-hybridized carbons (Fsp3) is 0.200. The number of ether oxygens (including phenoxy) is 2. The normalized spacial score (nSPS) is 16.8. The van der Waals surface area contributed by atoms with E-state index in [0.717, 1.165) is 17.7 Å². The van der Waals surface area contributed by atoms with Gasteiger partial charge in [0.1, 0.15) is 19.3 Å². The lowest BCUT2D eigenvalue weighted by Gasteiger charge is -2.06. The van der Waals surface area contributed by atoms with E-state index >= 15 is 0 Å². The lowest BCUT2D eigenvalue weighted by atomic mass is 10.2. The van der Waals surface area contributed by atoms with Crippen LogP contribution in [0, 0.1) is 0 Å². The third kappa shape index (κ3) is 5.27. The first-order valence-corrected chi connectivity index (χ1v) is 6.71. The lowest BCUT2D eigenvalue weighted by Crippen LogP contribution is -2.34. The molecule has 1 aromatic carbocycles. The second kappa shape index (κ2) is 7.74. The maximum atomic E-state index is 11.4. The van der Waals surface area contributed by atoms with E-state index in [1.807, 2.05) is 23.5 Å². The number of benzene rings is 1. The highest BCUT2D eigenvalue weighted by atomic mass is 16.5. The van der Waals surface area contributed by atoms with E-state index in [2.05, 4.69) is 5.32 Å². The largest absolute Gasteiger partial charge is 0.460 e. The van der Waals surface area contributed by atoms with E-state index in [0.29, 0.717) is 0 Å².